The summed E-state index contributed by atoms with van der Waals surface area (Å²) in [6, 6.07) is 25.5. The third-order valence-corrected chi connectivity index (χ3v) is 4.79. The molecule has 0 saturated heterocycles. The number of benzene rings is 3. The van der Waals surface area contributed by atoms with Crippen molar-refractivity contribution in [3.63, 3.8) is 0 Å². The van der Waals surface area contributed by atoms with E-state index in [0.717, 1.165) is 34.7 Å². The molecule has 0 unspecified atom stereocenters. The van der Waals surface area contributed by atoms with Gasteiger partial charge in [0.1, 0.15) is 13.2 Å². The summed E-state index contributed by atoms with van der Waals surface area (Å²) < 4.78 is 11.2. The fourth-order valence-electron chi connectivity index (χ4n) is 3.31. The van der Waals surface area contributed by atoms with Gasteiger partial charge in [0.25, 0.3) is 0 Å². The lowest BCUT2D eigenvalue weighted by Gasteiger charge is -2.23. The average molecular weight is 388 g/mol. The number of rotatable bonds is 6. The fourth-order valence-corrected chi connectivity index (χ4v) is 3.31. The van der Waals surface area contributed by atoms with Crippen molar-refractivity contribution < 1.29 is 14.3 Å². The lowest BCUT2D eigenvalue weighted by Crippen LogP contribution is -2.40. The third-order valence-electron chi connectivity index (χ3n) is 4.79. The van der Waals surface area contributed by atoms with E-state index in [2.05, 4.69) is 5.32 Å². The summed E-state index contributed by atoms with van der Waals surface area (Å²) in [5.41, 5.74) is 3.05. The van der Waals surface area contributed by atoms with Gasteiger partial charge in [-0.3, -0.25) is 4.90 Å². The van der Waals surface area contributed by atoms with Crippen molar-refractivity contribution in [2.45, 2.75) is 13.0 Å². The highest BCUT2D eigenvalue weighted by Crippen LogP contribution is 2.30. The molecule has 148 valence electrons. The Labute approximate surface area is 170 Å². The summed E-state index contributed by atoms with van der Waals surface area (Å²) in [6.45, 7) is 2.20. The number of amides is 2. The lowest BCUT2D eigenvalue weighted by molar-refractivity contribution is 0.171. The summed E-state index contributed by atoms with van der Waals surface area (Å²) >= 11 is 0. The van der Waals surface area contributed by atoms with Crippen molar-refractivity contribution in [2.24, 2.45) is 0 Å². The summed E-state index contributed by atoms with van der Waals surface area (Å²) in [5, 5.41) is 3.04. The van der Waals surface area contributed by atoms with Crippen LogP contribution >= 0.6 is 0 Å². The lowest BCUT2D eigenvalue weighted by atomic mass is 10.1. The van der Waals surface area contributed by atoms with Gasteiger partial charge in [0, 0.05) is 12.2 Å². The fraction of sp³-hybridized carbons (Fsp3) is 0.208. The Morgan fingerprint density at radius 1 is 0.828 bits per heavy atom. The van der Waals surface area contributed by atoms with Crippen LogP contribution < -0.4 is 19.7 Å². The predicted octanol–water partition coefficient (Wildman–Crippen LogP) is 4.42. The van der Waals surface area contributed by atoms with Crippen molar-refractivity contribution in [1.82, 2.24) is 5.32 Å². The van der Waals surface area contributed by atoms with Crippen molar-refractivity contribution >= 4 is 11.7 Å². The molecule has 0 aliphatic carbocycles. The summed E-state index contributed by atoms with van der Waals surface area (Å²) in [7, 11) is 0. The minimum absolute atomic E-state index is 0.113. The highest BCUT2D eigenvalue weighted by Gasteiger charge is 2.16. The normalized spacial score (nSPS) is 12.3. The van der Waals surface area contributed by atoms with Crippen molar-refractivity contribution in [1.29, 1.82) is 0 Å². The molecule has 29 heavy (non-hydrogen) atoms. The maximum atomic E-state index is 12.9. The van der Waals surface area contributed by atoms with Gasteiger partial charge in [0.2, 0.25) is 0 Å². The van der Waals surface area contributed by atoms with Crippen LogP contribution in [0, 0.1) is 0 Å². The Morgan fingerprint density at radius 2 is 1.52 bits per heavy atom. The Morgan fingerprint density at radius 3 is 2.28 bits per heavy atom. The van der Waals surface area contributed by atoms with Gasteiger partial charge in [-0.15, -0.1) is 0 Å². The van der Waals surface area contributed by atoms with Crippen LogP contribution in [-0.2, 0) is 13.0 Å². The number of nitrogens with zero attached hydrogens (tertiary/aromatic N) is 1. The predicted molar refractivity (Wildman–Crippen MR) is 114 cm³/mol. The number of carbonyl (C=O) groups is 1. The second-order valence-electron chi connectivity index (χ2n) is 6.87. The molecule has 3 aromatic carbocycles. The van der Waals surface area contributed by atoms with E-state index >= 15 is 0 Å². The van der Waals surface area contributed by atoms with Gasteiger partial charge in [0.05, 0.1) is 6.54 Å². The molecular weight excluding hydrogens is 364 g/mol. The van der Waals surface area contributed by atoms with Crippen LogP contribution in [0.5, 0.6) is 11.5 Å². The zero-order valence-electron chi connectivity index (χ0n) is 16.2. The first-order valence-electron chi connectivity index (χ1n) is 9.82. The van der Waals surface area contributed by atoms with Gasteiger partial charge in [-0.1, -0.05) is 54.6 Å². The minimum Gasteiger partial charge on any atom is -0.486 e. The zero-order chi connectivity index (χ0) is 19.9. The average Bonchev–Trinajstić information content (AvgIpc) is 2.78. The first kappa shape index (κ1) is 18.9. The Hall–Kier alpha value is -3.47. The number of urea groups is 1. The SMILES string of the molecule is O=C(NCCc1ccc2c(c1)OCCO2)N(Cc1ccccc1)c1ccccc1. The summed E-state index contributed by atoms with van der Waals surface area (Å²) in [6.07, 6.45) is 0.719. The third kappa shape index (κ3) is 4.88. The molecule has 2 amide bonds. The van der Waals surface area contributed by atoms with Crippen LogP contribution in [0.1, 0.15) is 11.1 Å². The van der Waals surface area contributed by atoms with Crippen molar-refractivity contribution in [3.05, 3.63) is 90.0 Å². The van der Waals surface area contributed by atoms with Gasteiger partial charge < -0.3 is 14.8 Å². The van der Waals surface area contributed by atoms with Gasteiger partial charge in [-0.2, -0.15) is 0 Å². The van der Waals surface area contributed by atoms with Crippen LogP contribution in [0.2, 0.25) is 0 Å². The molecule has 5 heteroatoms. The van der Waals surface area contributed by atoms with Crippen LogP contribution in [0.4, 0.5) is 10.5 Å². The number of para-hydroxylation sites is 1. The topological polar surface area (TPSA) is 50.8 Å². The molecule has 4 rings (SSSR count). The quantitative estimate of drug-likeness (QED) is 0.680. The van der Waals surface area contributed by atoms with Crippen LogP contribution in [0.3, 0.4) is 0 Å². The molecule has 0 aromatic heterocycles. The second kappa shape index (κ2) is 9.15. The van der Waals surface area contributed by atoms with E-state index < -0.39 is 0 Å². The smallest absolute Gasteiger partial charge is 0.322 e. The minimum atomic E-state index is -0.113. The van der Waals surface area contributed by atoms with Crippen LogP contribution in [0.25, 0.3) is 0 Å². The number of carbonyl (C=O) groups excluding carboxylic acids is 1. The number of nitrogens with one attached hydrogen (secondary N) is 1. The van der Waals surface area contributed by atoms with Gasteiger partial charge in [0.15, 0.2) is 11.5 Å². The van der Waals surface area contributed by atoms with Gasteiger partial charge >= 0.3 is 6.03 Å². The highest BCUT2D eigenvalue weighted by atomic mass is 16.6. The monoisotopic (exact) mass is 388 g/mol. The molecule has 0 spiro atoms. The molecule has 1 aliphatic heterocycles. The number of anilines is 1. The van der Waals surface area contributed by atoms with E-state index in [0.29, 0.717) is 26.3 Å². The molecule has 1 aliphatic rings. The molecule has 0 radical (unpaired) electrons. The molecule has 0 saturated carbocycles. The molecule has 0 atom stereocenters. The van der Waals surface area contributed by atoms with Crippen molar-refractivity contribution in [2.75, 3.05) is 24.7 Å². The van der Waals surface area contributed by atoms with E-state index in [1.165, 1.54) is 0 Å². The zero-order valence-corrected chi connectivity index (χ0v) is 16.2. The largest absolute Gasteiger partial charge is 0.486 e. The number of hydrogen-bond acceptors (Lipinski definition) is 3. The molecule has 0 bridgehead atoms. The van der Waals surface area contributed by atoms with Crippen LogP contribution in [-0.4, -0.2) is 25.8 Å². The van der Waals surface area contributed by atoms with E-state index in [4.69, 9.17) is 9.47 Å². The van der Waals surface area contributed by atoms with Gasteiger partial charge in [-0.25, -0.2) is 4.79 Å². The van der Waals surface area contributed by atoms with Gasteiger partial charge in [-0.05, 0) is 41.8 Å². The Balaban J connectivity index is 1.40. The summed E-state index contributed by atoms with van der Waals surface area (Å²) in [4.78, 5) is 14.7. The number of hydrogen-bond donors (Lipinski definition) is 1. The first-order chi connectivity index (χ1) is 14.3. The number of ether oxygens (including phenoxy) is 2. The first-order valence-corrected chi connectivity index (χ1v) is 9.82. The van der Waals surface area contributed by atoms with E-state index in [-0.39, 0.29) is 6.03 Å². The maximum absolute atomic E-state index is 12.9. The molecule has 3 aromatic rings. The van der Waals surface area contributed by atoms with E-state index in [1.807, 2.05) is 78.9 Å². The van der Waals surface area contributed by atoms with Crippen molar-refractivity contribution in [3.8, 4) is 11.5 Å². The standard InChI is InChI=1S/C24H24N2O3/c27-24(25-14-13-19-11-12-22-23(17-19)29-16-15-28-22)26(21-9-5-2-6-10-21)18-20-7-3-1-4-8-20/h1-12,17H,13-16,18H2,(H,25,27). The Kier molecular flexibility index (Phi) is 5.95. The highest BCUT2D eigenvalue weighted by molar-refractivity contribution is 5.91. The maximum Gasteiger partial charge on any atom is 0.322 e. The van der Waals surface area contributed by atoms with Crippen LogP contribution in [0.15, 0.2) is 78.9 Å². The molecule has 0 fully saturated rings. The number of fused-ring (bicyclic) bond motifs is 1. The summed E-state index contributed by atoms with van der Waals surface area (Å²) in [5.74, 6) is 1.55. The molecule has 5 nitrogen and oxygen atoms in total. The molecule has 1 heterocycles. The molecular formula is C24H24N2O3. The second-order valence-corrected chi connectivity index (χ2v) is 6.87. The molecule has 1 N–H and O–H groups in total. The van der Waals surface area contributed by atoms with E-state index in [1.54, 1.807) is 4.90 Å². The van der Waals surface area contributed by atoms with E-state index in [9.17, 15) is 4.79 Å². The Bertz CT molecular complexity index is 945.